The summed E-state index contributed by atoms with van der Waals surface area (Å²) in [5.74, 6) is -3.53. The van der Waals surface area contributed by atoms with E-state index in [-0.39, 0.29) is 18.3 Å². The number of carbonyl (C=O) groups excluding carboxylic acids is 2. The Hall–Kier alpha value is -2.64. The molecule has 228 valence electrons. The summed E-state index contributed by atoms with van der Waals surface area (Å²) in [7, 11) is -1.88. The van der Waals surface area contributed by atoms with Crippen LogP contribution in [0.3, 0.4) is 0 Å². The zero-order valence-corrected chi connectivity index (χ0v) is 24.7. The zero-order chi connectivity index (χ0) is 30.6. The number of esters is 2. The molecule has 4 N–H and O–H groups in total. The lowest BCUT2D eigenvalue weighted by atomic mass is 9.88. The van der Waals surface area contributed by atoms with Crippen LogP contribution in [0.25, 0.3) is 0 Å². The van der Waals surface area contributed by atoms with Crippen LogP contribution in [0.1, 0.15) is 76.1 Å². The van der Waals surface area contributed by atoms with Crippen LogP contribution < -0.4 is 15.4 Å². The van der Waals surface area contributed by atoms with Gasteiger partial charge in [0.1, 0.15) is 11.3 Å². The summed E-state index contributed by atoms with van der Waals surface area (Å²) in [6, 6.07) is 12.6. The number of nitrogens with one attached hydrogen (secondary N) is 2. The van der Waals surface area contributed by atoms with Crippen molar-refractivity contribution >= 4 is 22.5 Å². The third-order valence-corrected chi connectivity index (χ3v) is 9.48. The number of fused-ring (bicyclic) bond motifs is 1. The third-order valence-electron chi connectivity index (χ3n) is 7.47. The van der Waals surface area contributed by atoms with Gasteiger partial charge in [0.05, 0.1) is 23.8 Å². The normalized spacial score (nSPS) is 21.4. The van der Waals surface area contributed by atoms with Gasteiger partial charge < -0.3 is 9.47 Å². The number of methoxy groups -OCH3 is 1. The number of ether oxygens (including phenoxy) is 2. The number of hydrogen-bond donors (Lipinski definition) is 4. The fraction of sp³-hybridized carbons (Fsp3) is 0.517. The van der Waals surface area contributed by atoms with E-state index < -0.39 is 39.8 Å². The zero-order valence-electron chi connectivity index (χ0n) is 23.9. The van der Waals surface area contributed by atoms with E-state index in [1.54, 1.807) is 12.1 Å². The number of rotatable bonds is 10. The van der Waals surface area contributed by atoms with Crippen molar-refractivity contribution in [1.82, 2.24) is 10.6 Å². The summed E-state index contributed by atoms with van der Waals surface area (Å²) < 4.78 is 70.7. The van der Waals surface area contributed by atoms with Crippen LogP contribution >= 0.6 is 10.6 Å². The maximum absolute atomic E-state index is 12.6. The van der Waals surface area contributed by atoms with Gasteiger partial charge in [-0.1, -0.05) is 57.0 Å². The maximum Gasteiger partial charge on any atom is 0.491 e. The number of halogens is 3. The molecule has 0 saturated heterocycles. The predicted molar refractivity (Wildman–Crippen MR) is 151 cm³/mol. The molecule has 0 radical (unpaired) electrons. The largest absolute Gasteiger partial charge is 0.496 e. The SMILES string of the molecule is CCCC[C@]1(CC)CS(O)(O)c2cc(CNC(C)(C)C(=O)OC(=O)C(F)(F)F)c(OC)cc2[C@@H](c2ccccc2)N1. The van der Waals surface area contributed by atoms with Gasteiger partial charge in [-0.3, -0.25) is 19.7 Å². The second-order valence-electron chi connectivity index (χ2n) is 10.9. The summed E-state index contributed by atoms with van der Waals surface area (Å²) in [5.41, 5.74) is -0.230. The van der Waals surface area contributed by atoms with Gasteiger partial charge in [0.15, 0.2) is 0 Å². The van der Waals surface area contributed by atoms with Crippen molar-refractivity contribution in [3.63, 3.8) is 0 Å². The van der Waals surface area contributed by atoms with E-state index in [1.807, 2.05) is 37.3 Å². The molecule has 8 nitrogen and oxygen atoms in total. The van der Waals surface area contributed by atoms with Crippen molar-refractivity contribution in [3.05, 3.63) is 59.2 Å². The molecule has 0 unspecified atom stereocenters. The van der Waals surface area contributed by atoms with Crippen molar-refractivity contribution in [2.24, 2.45) is 0 Å². The summed E-state index contributed by atoms with van der Waals surface area (Å²) in [4.78, 5) is 23.9. The molecule has 0 saturated carbocycles. The second kappa shape index (κ2) is 12.7. The first kappa shape index (κ1) is 32.9. The predicted octanol–water partition coefficient (Wildman–Crippen LogP) is 6.34. The topological polar surface area (TPSA) is 117 Å². The molecule has 41 heavy (non-hydrogen) atoms. The Morgan fingerprint density at radius 2 is 1.78 bits per heavy atom. The van der Waals surface area contributed by atoms with Crippen LogP contribution in [0, 0.1) is 0 Å². The number of alkyl halides is 3. The van der Waals surface area contributed by atoms with Crippen LogP contribution in [0.5, 0.6) is 5.75 Å². The molecular weight excluding hydrogens is 561 g/mol. The Morgan fingerprint density at radius 3 is 2.34 bits per heavy atom. The van der Waals surface area contributed by atoms with Gasteiger partial charge in [-0.2, -0.15) is 23.8 Å². The lowest BCUT2D eigenvalue weighted by Gasteiger charge is -2.42. The number of carbonyl (C=O) groups is 2. The highest BCUT2D eigenvalue weighted by molar-refractivity contribution is 8.24. The van der Waals surface area contributed by atoms with Crippen molar-refractivity contribution in [2.45, 2.75) is 88.1 Å². The lowest BCUT2D eigenvalue weighted by Crippen LogP contribution is -2.49. The lowest BCUT2D eigenvalue weighted by molar-refractivity contribution is -0.203. The van der Waals surface area contributed by atoms with E-state index in [1.165, 1.54) is 21.0 Å². The quantitative estimate of drug-likeness (QED) is 0.185. The molecule has 12 heteroatoms. The van der Waals surface area contributed by atoms with Gasteiger partial charge >= 0.3 is 18.1 Å². The van der Waals surface area contributed by atoms with Crippen LogP contribution in [0.15, 0.2) is 47.4 Å². The highest BCUT2D eigenvalue weighted by atomic mass is 32.3. The Labute approximate surface area is 240 Å². The van der Waals surface area contributed by atoms with E-state index in [4.69, 9.17) is 4.74 Å². The Balaban J connectivity index is 2.05. The first-order valence-electron chi connectivity index (χ1n) is 13.5. The van der Waals surface area contributed by atoms with Crippen molar-refractivity contribution in [1.29, 1.82) is 0 Å². The molecule has 1 heterocycles. The van der Waals surface area contributed by atoms with Gasteiger partial charge in [0, 0.05) is 23.2 Å². The van der Waals surface area contributed by atoms with Gasteiger partial charge in [-0.15, -0.1) is 0 Å². The van der Waals surface area contributed by atoms with Gasteiger partial charge in [-0.25, -0.2) is 9.59 Å². The molecule has 0 fully saturated rings. The summed E-state index contributed by atoms with van der Waals surface area (Å²) >= 11 is 0. The molecule has 1 aliphatic heterocycles. The molecule has 0 amide bonds. The minimum Gasteiger partial charge on any atom is -0.496 e. The Bertz CT molecular complexity index is 1240. The van der Waals surface area contributed by atoms with Crippen molar-refractivity contribution in [2.75, 3.05) is 12.9 Å². The molecule has 1 aliphatic rings. The average molecular weight is 601 g/mol. The van der Waals surface area contributed by atoms with Crippen LogP contribution in [0.4, 0.5) is 13.2 Å². The highest BCUT2D eigenvalue weighted by Crippen LogP contribution is 2.58. The molecule has 0 aliphatic carbocycles. The second-order valence-corrected chi connectivity index (χ2v) is 13.0. The number of hydrogen-bond acceptors (Lipinski definition) is 8. The molecular formula is C29H39F3N2O6S. The first-order valence-corrected chi connectivity index (χ1v) is 15.2. The first-order chi connectivity index (χ1) is 19.1. The summed E-state index contributed by atoms with van der Waals surface area (Å²) in [6.45, 7) is 6.56. The molecule has 3 rings (SSSR count). The van der Waals surface area contributed by atoms with Crippen LogP contribution in [-0.4, -0.2) is 51.2 Å². The minimum atomic E-state index is -5.31. The van der Waals surface area contributed by atoms with E-state index in [2.05, 4.69) is 22.3 Å². The summed E-state index contributed by atoms with van der Waals surface area (Å²) in [6.07, 6.45) is -2.06. The number of benzene rings is 2. The standard InChI is InChI=1S/C29H39F3N2O6S/c1-6-8-14-28(7-2)18-41(37,38)23-15-20(17-33-27(3,4)25(35)40-26(36)29(30,31)32)22(39-5)16-21(23)24(34-28)19-12-10-9-11-13-19/h9-13,15-16,24,33-34,37-38H,6-8,14,17-18H2,1-5H3/t24-,28-/m1/s1. The maximum atomic E-state index is 12.6. The molecule has 0 spiro atoms. The molecule has 2 aromatic carbocycles. The van der Waals surface area contributed by atoms with Crippen LogP contribution in [0.2, 0.25) is 0 Å². The third kappa shape index (κ3) is 7.61. The van der Waals surface area contributed by atoms with Crippen molar-refractivity contribution < 1.29 is 41.3 Å². The monoisotopic (exact) mass is 600 g/mol. The molecule has 2 aromatic rings. The van der Waals surface area contributed by atoms with Crippen LogP contribution in [-0.2, 0) is 20.9 Å². The van der Waals surface area contributed by atoms with E-state index in [9.17, 15) is 31.9 Å². The minimum absolute atomic E-state index is 0.101. The molecule has 2 atom stereocenters. The highest BCUT2D eigenvalue weighted by Gasteiger charge is 2.45. The Kier molecular flexibility index (Phi) is 10.2. The average Bonchev–Trinajstić information content (AvgIpc) is 3.02. The fourth-order valence-corrected chi connectivity index (χ4v) is 7.19. The molecule has 0 bridgehead atoms. The summed E-state index contributed by atoms with van der Waals surface area (Å²) in [5, 5.41) is 6.57. The molecule has 0 aromatic heterocycles. The van der Waals surface area contributed by atoms with Gasteiger partial charge in [-0.05, 0) is 44.4 Å². The van der Waals surface area contributed by atoms with Gasteiger partial charge in [0.25, 0.3) is 0 Å². The van der Waals surface area contributed by atoms with E-state index in [0.29, 0.717) is 28.2 Å². The Morgan fingerprint density at radius 1 is 1.12 bits per heavy atom. The fourth-order valence-electron chi connectivity index (χ4n) is 4.95. The van der Waals surface area contributed by atoms with E-state index in [0.717, 1.165) is 24.8 Å². The number of unbranched alkanes of at least 4 members (excludes halogenated alkanes) is 1. The van der Waals surface area contributed by atoms with E-state index >= 15 is 0 Å². The van der Waals surface area contributed by atoms with Gasteiger partial charge in [0.2, 0.25) is 0 Å². The van der Waals surface area contributed by atoms with Crippen molar-refractivity contribution in [3.8, 4) is 5.75 Å². The smallest absolute Gasteiger partial charge is 0.491 e.